The van der Waals surface area contributed by atoms with Crippen LogP contribution >= 0.6 is 0 Å². The summed E-state index contributed by atoms with van der Waals surface area (Å²) >= 11 is 0. The molecule has 0 spiro atoms. The highest BCUT2D eigenvalue weighted by molar-refractivity contribution is 6.05. The number of aryl methyl sites for hydroxylation is 1. The van der Waals surface area contributed by atoms with Gasteiger partial charge in [-0.1, -0.05) is 18.2 Å². The molecule has 0 fully saturated rings. The van der Waals surface area contributed by atoms with Crippen molar-refractivity contribution in [1.29, 1.82) is 5.26 Å². The highest BCUT2D eigenvalue weighted by Crippen LogP contribution is 2.19. The number of hydrogen-bond donors (Lipinski definition) is 1. The summed E-state index contributed by atoms with van der Waals surface area (Å²) in [5.41, 5.74) is 3.33. The Kier molecular flexibility index (Phi) is 4.57. The van der Waals surface area contributed by atoms with E-state index < -0.39 is 0 Å². The summed E-state index contributed by atoms with van der Waals surface area (Å²) in [6.07, 6.45) is 0. The van der Waals surface area contributed by atoms with E-state index in [1.165, 1.54) is 0 Å². The Bertz CT molecular complexity index is 702. The van der Waals surface area contributed by atoms with E-state index in [1.54, 1.807) is 30.3 Å². The van der Waals surface area contributed by atoms with Crippen molar-refractivity contribution in [3.63, 3.8) is 0 Å². The number of nitriles is 1. The smallest absolute Gasteiger partial charge is 0.255 e. The Morgan fingerprint density at radius 1 is 1.24 bits per heavy atom. The Morgan fingerprint density at radius 3 is 2.76 bits per heavy atom. The molecular weight excluding hydrogens is 264 g/mol. The molecule has 106 valence electrons. The Hall–Kier alpha value is -2.80. The van der Waals surface area contributed by atoms with Gasteiger partial charge in [0.15, 0.2) is 6.61 Å². The van der Waals surface area contributed by atoms with E-state index in [0.29, 0.717) is 17.0 Å². The highest BCUT2D eigenvalue weighted by Gasteiger charge is 2.10. The molecule has 0 atom stereocenters. The fourth-order valence-corrected chi connectivity index (χ4v) is 1.97. The van der Waals surface area contributed by atoms with Gasteiger partial charge in [0.2, 0.25) is 0 Å². The number of nitrogens with zero attached hydrogens (tertiary/aromatic N) is 1. The van der Waals surface area contributed by atoms with Crippen LogP contribution in [0.15, 0.2) is 42.5 Å². The summed E-state index contributed by atoms with van der Waals surface area (Å²) < 4.78 is 5.21. The quantitative estimate of drug-likeness (QED) is 0.932. The zero-order valence-corrected chi connectivity index (χ0v) is 12.0. The average molecular weight is 280 g/mol. The van der Waals surface area contributed by atoms with Crippen LogP contribution in [0.4, 0.5) is 5.69 Å². The molecule has 0 heterocycles. The minimum atomic E-state index is -0.159. The van der Waals surface area contributed by atoms with Gasteiger partial charge in [0, 0.05) is 17.3 Å². The lowest BCUT2D eigenvalue weighted by Crippen LogP contribution is -2.13. The van der Waals surface area contributed by atoms with Gasteiger partial charge in [-0.15, -0.1) is 0 Å². The maximum atomic E-state index is 12.3. The zero-order chi connectivity index (χ0) is 15.2. The number of rotatable bonds is 4. The van der Waals surface area contributed by atoms with E-state index >= 15 is 0 Å². The van der Waals surface area contributed by atoms with Crippen LogP contribution in [-0.2, 0) is 0 Å². The molecule has 0 saturated carbocycles. The fourth-order valence-electron chi connectivity index (χ4n) is 1.97. The molecule has 0 aromatic heterocycles. The molecule has 1 N–H and O–H groups in total. The van der Waals surface area contributed by atoms with Gasteiger partial charge in [-0.3, -0.25) is 4.79 Å². The largest absolute Gasteiger partial charge is 0.479 e. The number of anilines is 1. The molecule has 0 aliphatic carbocycles. The summed E-state index contributed by atoms with van der Waals surface area (Å²) in [5.74, 6) is 0.393. The standard InChI is InChI=1S/C17H16N2O2/c1-12-5-3-8-16(13(12)2)17(20)19-14-6-4-7-15(11-14)21-10-9-18/h3-8,11H,10H2,1-2H3,(H,19,20). The van der Waals surface area contributed by atoms with Gasteiger partial charge in [-0.25, -0.2) is 0 Å². The van der Waals surface area contributed by atoms with E-state index in [0.717, 1.165) is 11.1 Å². The second kappa shape index (κ2) is 6.58. The number of benzene rings is 2. The molecule has 0 unspecified atom stereocenters. The van der Waals surface area contributed by atoms with Crippen molar-refractivity contribution >= 4 is 11.6 Å². The highest BCUT2D eigenvalue weighted by atomic mass is 16.5. The first-order valence-electron chi connectivity index (χ1n) is 6.59. The fraction of sp³-hybridized carbons (Fsp3) is 0.176. The molecule has 0 bridgehead atoms. The van der Waals surface area contributed by atoms with Crippen molar-refractivity contribution in [3.05, 3.63) is 59.2 Å². The predicted octanol–water partition coefficient (Wildman–Crippen LogP) is 3.46. The van der Waals surface area contributed by atoms with Gasteiger partial charge in [0.25, 0.3) is 5.91 Å². The number of ether oxygens (including phenoxy) is 1. The van der Waals surface area contributed by atoms with Crippen LogP contribution in [0.1, 0.15) is 21.5 Å². The predicted molar refractivity (Wildman–Crippen MR) is 81.4 cm³/mol. The molecule has 0 aliphatic heterocycles. The molecule has 21 heavy (non-hydrogen) atoms. The molecule has 1 amide bonds. The third kappa shape index (κ3) is 3.61. The van der Waals surface area contributed by atoms with Crippen LogP contribution in [-0.4, -0.2) is 12.5 Å². The van der Waals surface area contributed by atoms with Crippen molar-refractivity contribution in [2.24, 2.45) is 0 Å². The molecule has 4 heteroatoms. The van der Waals surface area contributed by atoms with Gasteiger partial charge < -0.3 is 10.1 Å². The van der Waals surface area contributed by atoms with Gasteiger partial charge in [0.1, 0.15) is 11.8 Å². The van der Waals surface area contributed by atoms with Gasteiger partial charge >= 0.3 is 0 Å². The number of carbonyl (C=O) groups excluding carboxylic acids is 1. The van der Waals surface area contributed by atoms with Gasteiger partial charge in [0.05, 0.1) is 0 Å². The van der Waals surface area contributed by atoms with E-state index in [9.17, 15) is 4.79 Å². The summed E-state index contributed by atoms with van der Waals surface area (Å²) in [4.78, 5) is 12.3. The monoisotopic (exact) mass is 280 g/mol. The van der Waals surface area contributed by atoms with Crippen molar-refractivity contribution in [1.82, 2.24) is 0 Å². The minimum Gasteiger partial charge on any atom is -0.479 e. The van der Waals surface area contributed by atoms with E-state index in [4.69, 9.17) is 10.00 Å². The molecule has 0 radical (unpaired) electrons. The molecule has 2 rings (SSSR count). The van der Waals surface area contributed by atoms with Crippen LogP contribution in [0, 0.1) is 25.2 Å². The summed E-state index contributed by atoms with van der Waals surface area (Å²) in [6.45, 7) is 3.88. The van der Waals surface area contributed by atoms with E-state index in [1.807, 2.05) is 32.0 Å². The normalized spacial score (nSPS) is 9.76. The maximum absolute atomic E-state index is 12.3. The second-order valence-electron chi connectivity index (χ2n) is 4.68. The maximum Gasteiger partial charge on any atom is 0.255 e. The zero-order valence-electron chi connectivity index (χ0n) is 12.0. The van der Waals surface area contributed by atoms with Crippen LogP contribution in [0.5, 0.6) is 5.75 Å². The number of amides is 1. The Morgan fingerprint density at radius 2 is 2.00 bits per heavy atom. The molecule has 0 saturated heterocycles. The lowest BCUT2D eigenvalue weighted by Gasteiger charge is -2.10. The average Bonchev–Trinajstić information content (AvgIpc) is 2.48. The lowest BCUT2D eigenvalue weighted by molar-refractivity contribution is 0.102. The topological polar surface area (TPSA) is 62.1 Å². The van der Waals surface area contributed by atoms with Crippen molar-refractivity contribution in [3.8, 4) is 11.8 Å². The molecular formula is C17H16N2O2. The van der Waals surface area contributed by atoms with Crippen LogP contribution in [0.25, 0.3) is 0 Å². The Labute approximate surface area is 124 Å². The summed E-state index contributed by atoms with van der Waals surface area (Å²) in [7, 11) is 0. The third-order valence-electron chi connectivity index (χ3n) is 3.24. The van der Waals surface area contributed by atoms with Crippen molar-refractivity contribution < 1.29 is 9.53 Å². The summed E-state index contributed by atoms with van der Waals surface area (Å²) in [5, 5.41) is 11.3. The second-order valence-corrected chi connectivity index (χ2v) is 4.68. The Balaban J connectivity index is 2.16. The third-order valence-corrected chi connectivity index (χ3v) is 3.24. The number of hydrogen-bond acceptors (Lipinski definition) is 3. The van der Waals surface area contributed by atoms with Crippen LogP contribution in [0.3, 0.4) is 0 Å². The van der Waals surface area contributed by atoms with Crippen LogP contribution < -0.4 is 10.1 Å². The summed E-state index contributed by atoms with van der Waals surface area (Å²) in [6, 6.07) is 14.5. The first-order chi connectivity index (χ1) is 10.1. The number of carbonyl (C=O) groups is 1. The molecule has 2 aromatic carbocycles. The lowest BCUT2D eigenvalue weighted by atomic mass is 10.0. The van der Waals surface area contributed by atoms with Gasteiger partial charge in [-0.2, -0.15) is 5.26 Å². The molecule has 0 aliphatic rings. The first kappa shape index (κ1) is 14.6. The van der Waals surface area contributed by atoms with Gasteiger partial charge in [-0.05, 0) is 43.2 Å². The van der Waals surface area contributed by atoms with E-state index in [-0.39, 0.29) is 12.5 Å². The van der Waals surface area contributed by atoms with Crippen molar-refractivity contribution in [2.75, 3.05) is 11.9 Å². The van der Waals surface area contributed by atoms with Crippen molar-refractivity contribution in [2.45, 2.75) is 13.8 Å². The SMILES string of the molecule is Cc1cccc(C(=O)Nc2cccc(OCC#N)c2)c1C. The van der Waals surface area contributed by atoms with Crippen LogP contribution in [0.2, 0.25) is 0 Å². The first-order valence-corrected chi connectivity index (χ1v) is 6.59. The minimum absolute atomic E-state index is 0.0195. The molecule has 2 aromatic rings. The number of nitrogens with one attached hydrogen (secondary N) is 1. The molecule has 4 nitrogen and oxygen atoms in total. The van der Waals surface area contributed by atoms with E-state index in [2.05, 4.69) is 5.32 Å².